The summed E-state index contributed by atoms with van der Waals surface area (Å²) in [6.45, 7) is 0.801. The van der Waals surface area contributed by atoms with Crippen molar-refractivity contribution < 1.29 is 0 Å². The van der Waals surface area contributed by atoms with Crippen LogP contribution in [0.15, 0.2) is 42.5 Å². The standard InChI is InChI=1S/C17H15ClN2/c18-17-7-4-14(9-15(17)11-20-16-5-6-16)13-3-1-2-12(8-13)10-19/h1-4,7-9,16,20H,5-6,11H2. The highest BCUT2D eigenvalue weighted by atomic mass is 35.5. The van der Waals surface area contributed by atoms with E-state index in [9.17, 15) is 0 Å². The van der Waals surface area contributed by atoms with Gasteiger partial charge in [0.15, 0.2) is 0 Å². The van der Waals surface area contributed by atoms with Gasteiger partial charge in [-0.15, -0.1) is 0 Å². The number of hydrogen-bond donors (Lipinski definition) is 1. The third-order valence-electron chi connectivity index (χ3n) is 3.53. The van der Waals surface area contributed by atoms with Crippen LogP contribution in [0.25, 0.3) is 11.1 Å². The first-order valence-corrected chi connectivity index (χ1v) is 7.16. The predicted molar refractivity (Wildman–Crippen MR) is 81.5 cm³/mol. The number of nitrogens with zero attached hydrogens (tertiary/aromatic N) is 1. The minimum atomic E-state index is 0.664. The maximum atomic E-state index is 8.98. The van der Waals surface area contributed by atoms with Gasteiger partial charge in [-0.1, -0.05) is 29.8 Å². The highest BCUT2D eigenvalue weighted by Crippen LogP contribution is 2.27. The lowest BCUT2D eigenvalue weighted by atomic mass is 10.0. The average Bonchev–Trinajstić information content (AvgIpc) is 3.31. The van der Waals surface area contributed by atoms with Gasteiger partial charge >= 0.3 is 0 Å². The van der Waals surface area contributed by atoms with Crippen molar-refractivity contribution in [2.45, 2.75) is 25.4 Å². The lowest BCUT2D eigenvalue weighted by Crippen LogP contribution is -2.15. The van der Waals surface area contributed by atoms with Crippen LogP contribution in [0.3, 0.4) is 0 Å². The summed E-state index contributed by atoms with van der Waals surface area (Å²) >= 11 is 6.25. The van der Waals surface area contributed by atoms with Gasteiger partial charge in [0.1, 0.15) is 0 Å². The van der Waals surface area contributed by atoms with Gasteiger partial charge in [-0.25, -0.2) is 0 Å². The molecule has 2 aromatic carbocycles. The first kappa shape index (κ1) is 13.2. The van der Waals surface area contributed by atoms with Crippen molar-refractivity contribution in [2.75, 3.05) is 0 Å². The first-order chi connectivity index (χ1) is 9.76. The summed E-state index contributed by atoms with van der Waals surface area (Å²) < 4.78 is 0. The van der Waals surface area contributed by atoms with Crippen molar-refractivity contribution in [3.63, 3.8) is 0 Å². The van der Waals surface area contributed by atoms with Gasteiger partial charge in [0.05, 0.1) is 11.6 Å². The van der Waals surface area contributed by atoms with Crippen LogP contribution in [-0.2, 0) is 6.54 Å². The molecule has 1 aliphatic rings. The van der Waals surface area contributed by atoms with E-state index < -0.39 is 0 Å². The Morgan fingerprint density at radius 1 is 1.15 bits per heavy atom. The second-order valence-electron chi connectivity index (χ2n) is 5.15. The molecule has 1 aliphatic carbocycles. The Hall–Kier alpha value is -1.82. The van der Waals surface area contributed by atoms with Crippen molar-refractivity contribution in [1.29, 1.82) is 5.26 Å². The van der Waals surface area contributed by atoms with E-state index in [1.807, 2.05) is 36.4 Å². The molecule has 1 N–H and O–H groups in total. The zero-order chi connectivity index (χ0) is 13.9. The van der Waals surface area contributed by atoms with E-state index in [1.54, 1.807) is 0 Å². The van der Waals surface area contributed by atoms with Gasteiger partial charge in [-0.05, 0) is 53.8 Å². The third kappa shape index (κ3) is 3.01. The zero-order valence-corrected chi connectivity index (χ0v) is 11.8. The van der Waals surface area contributed by atoms with E-state index in [2.05, 4.69) is 17.5 Å². The van der Waals surface area contributed by atoms with Crippen LogP contribution in [0.2, 0.25) is 5.02 Å². The minimum Gasteiger partial charge on any atom is -0.310 e. The summed E-state index contributed by atoms with van der Waals surface area (Å²) in [4.78, 5) is 0. The molecular formula is C17H15ClN2. The number of rotatable bonds is 4. The van der Waals surface area contributed by atoms with E-state index in [1.165, 1.54) is 12.8 Å². The second kappa shape index (κ2) is 5.66. The number of nitrogens with one attached hydrogen (secondary N) is 1. The van der Waals surface area contributed by atoms with Gasteiger partial charge in [0, 0.05) is 17.6 Å². The molecule has 0 amide bonds. The molecule has 2 aromatic rings. The quantitative estimate of drug-likeness (QED) is 0.915. The molecule has 0 radical (unpaired) electrons. The first-order valence-electron chi connectivity index (χ1n) is 6.78. The molecule has 3 heteroatoms. The number of nitriles is 1. The van der Waals surface area contributed by atoms with Crippen LogP contribution in [-0.4, -0.2) is 6.04 Å². The molecular weight excluding hydrogens is 268 g/mol. The molecule has 0 aromatic heterocycles. The van der Waals surface area contributed by atoms with E-state index >= 15 is 0 Å². The largest absolute Gasteiger partial charge is 0.310 e. The van der Waals surface area contributed by atoms with E-state index in [-0.39, 0.29) is 0 Å². The van der Waals surface area contributed by atoms with Crippen molar-refractivity contribution >= 4 is 11.6 Å². The van der Waals surface area contributed by atoms with Crippen molar-refractivity contribution in [2.24, 2.45) is 0 Å². The van der Waals surface area contributed by atoms with Crippen LogP contribution in [0.1, 0.15) is 24.0 Å². The molecule has 3 rings (SSSR count). The Balaban J connectivity index is 1.88. The van der Waals surface area contributed by atoms with E-state index in [0.29, 0.717) is 11.6 Å². The van der Waals surface area contributed by atoms with Crippen LogP contribution >= 0.6 is 11.6 Å². The minimum absolute atomic E-state index is 0.664. The molecule has 2 nitrogen and oxygen atoms in total. The molecule has 1 saturated carbocycles. The number of hydrogen-bond acceptors (Lipinski definition) is 2. The van der Waals surface area contributed by atoms with Crippen molar-refractivity contribution in [3.8, 4) is 17.2 Å². The maximum absolute atomic E-state index is 8.98. The summed E-state index contributed by atoms with van der Waals surface area (Å²) in [5.74, 6) is 0. The van der Waals surface area contributed by atoms with Crippen molar-refractivity contribution in [1.82, 2.24) is 5.32 Å². The number of halogens is 1. The van der Waals surface area contributed by atoms with Gasteiger partial charge in [-0.2, -0.15) is 5.26 Å². The fourth-order valence-electron chi connectivity index (χ4n) is 2.20. The summed E-state index contributed by atoms with van der Waals surface area (Å²) in [6.07, 6.45) is 2.53. The van der Waals surface area contributed by atoms with Crippen LogP contribution in [0.5, 0.6) is 0 Å². The molecule has 0 bridgehead atoms. The topological polar surface area (TPSA) is 35.8 Å². The molecule has 0 saturated heterocycles. The lowest BCUT2D eigenvalue weighted by Gasteiger charge is -2.09. The molecule has 20 heavy (non-hydrogen) atoms. The highest BCUT2D eigenvalue weighted by molar-refractivity contribution is 6.31. The Labute approximate surface area is 124 Å². The molecule has 0 aliphatic heterocycles. The Kier molecular flexibility index (Phi) is 3.73. The molecule has 0 unspecified atom stereocenters. The molecule has 0 heterocycles. The highest BCUT2D eigenvalue weighted by Gasteiger charge is 2.20. The monoisotopic (exact) mass is 282 g/mol. The van der Waals surface area contributed by atoms with Crippen LogP contribution in [0, 0.1) is 11.3 Å². The van der Waals surface area contributed by atoms with Crippen molar-refractivity contribution in [3.05, 3.63) is 58.6 Å². The average molecular weight is 283 g/mol. The fourth-order valence-corrected chi connectivity index (χ4v) is 2.38. The van der Waals surface area contributed by atoms with E-state index in [0.717, 1.165) is 28.3 Å². The smallest absolute Gasteiger partial charge is 0.0991 e. The molecule has 0 atom stereocenters. The Bertz CT molecular complexity index is 669. The second-order valence-corrected chi connectivity index (χ2v) is 5.56. The summed E-state index contributed by atoms with van der Waals surface area (Å²) in [6, 6.07) is 16.5. The van der Waals surface area contributed by atoms with Gasteiger partial charge in [0.25, 0.3) is 0 Å². The predicted octanol–water partition coefficient (Wildman–Crippen LogP) is 4.13. The third-order valence-corrected chi connectivity index (χ3v) is 3.90. The van der Waals surface area contributed by atoms with E-state index in [4.69, 9.17) is 16.9 Å². The summed E-state index contributed by atoms with van der Waals surface area (Å²) in [5, 5.41) is 13.2. The maximum Gasteiger partial charge on any atom is 0.0991 e. The SMILES string of the molecule is N#Cc1cccc(-c2ccc(Cl)c(CNC3CC3)c2)c1. The summed E-state index contributed by atoms with van der Waals surface area (Å²) in [5.41, 5.74) is 3.93. The van der Waals surface area contributed by atoms with Gasteiger partial charge < -0.3 is 5.32 Å². The van der Waals surface area contributed by atoms with Crippen LogP contribution < -0.4 is 5.32 Å². The Morgan fingerprint density at radius 2 is 1.95 bits per heavy atom. The Morgan fingerprint density at radius 3 is 2.70 bits per heavy atom. The zero-order valence-electron chi connectivity index (χ0n) is 11.1. The summed E-state index contributed by atoms with van der Waals surface area (Å²) in [7, 11) is 0. The molecule has 1 fully saturated rings. The lowest BCUT2D eigenvalue weighted by molar-refractivity contribution is 0.688. The molecule has 100 valence electrons. The number of benzene rings is 2. The van der Waals surface area contributed by atoms with Gasteiger partial charge in [-0.3, -0.25) is 0 Å². The normalized spacial score (nSPS) is 14.0. The van der Waals surface area contributed by atoms with Crippen LogP contribution in [0.4, 0.5) is 0 Å². The fraction of sp³-hybridized carbons (Fsp3) is 0.235. The molecule has 0 spiro atoms. The van der Waals surface area contributed by atoms with Gasteiger partial charge in [0.2, 0.25) is 0 Å².